The lowest BCUT2D eigenvalue weighted by molar-refractivity contribution is 0.0996. The zero-order valence-corrected chi connectivity index (χ0v) is 6.71. The minimum atomic E-state index is -0.203. The van der Waals surface area contributed by atoms with Crippen LogP contribution in [0.3, 0.4) is 0 Å². The van der Waals surface area contributed by atoms with Gasteiger partial charge in [-0.3, -0.25) is 9.20 Å². The number of hydrogen-bond donors (Lipinski definition) is 1. The summed E-state index contributed by atoms with van der Waals surface area (Å²) in [6.07, 6.45) is 3.00. The molecule has 0 bridgehead atoms. The lowest BCUT2D eigenvalue weighted by Crippen LogP contribution is -2.15. The van der Waals surface area contributed by atoms with Crippen molar-refractivity contribution in [2.24, 2.45) is 5.73 Å². The van der Waals surface area contributed by atoms with Crippen LogP contribution in [0, 0.1) is 0 Å². The third-order valence-electron chi connectivity index (χ3n) is 1.66. The SMILES string of the molecule is NCC(=O)c1cc2nncn2cn1. The Bertz CT molecular complexity index is 449. The fourth-order valence-electron chi connectivity index (χ4n) is 0.985. The van der Waals surface area contributed by atoms with Crippen molar-refractivity contribution >= 4 is 11.4 Å². The van der Waals surface area contributed by atoms with Gasteiger partial charge in [-0.15, -0.1) is 10.2 Å². The highest BCUT2D eigenvalue weighted by atomic mass is 16.1. The maximum atomic E-state index is 11.1. The molecule has 6 heteroatoms. The Morgan fingerprint density at radius 3 is 3.15 bits per heavy atom. The van der Waals surface area contributed by atoms with Crippen LogP contribution in [-0.4, -0.2) is 31.9 Å². The summed E-state index contributed by atoms with van der Waals surface area (Å²) >= 11 is 0. The molecule has 2 heterocycles. The fraction of sp³-hybridized carbons (Fsp3) is 0.143. The Balaban J connectivity index is 2.54. The fourth-order valence-corrected chi connectivity index (χ4v) is 0.985. The number of carbonyl (C=O) groups excluding carboxylic acids is 1. The zero-order valence-electron chi connectivity index (χ0n) is 6.71. The Kier molecular flexibility index (Phi) is 1.75. The lowest BCUT2D eigenvalue weighted by atomic mass is 10.3. The molecule has 0 atom stereocenters. The van der Waals surface area contributed by atoms with Gasteiger partial charge in [0.15, 0.2) is 11.4 Å². The number of nitrogens with two attached hydrogens (primary N) is 1. The molecule has 13 heavy (non-hydrogen) atoms. The first-order valence-corrected chi connectivity index (χ1v) is 3.70. The monoisotopic (exact) mass is 177 g/mol. The molecule has 0 unspecified atom stereocenters. The van der Waals surface area contributed by atoms with Crippen LogP contribution >= 0.6 is 0 Å². The highest BCUT2D eigenvalue weighted by Crippen LogP contribution is 2.00. The van der Waals surface area contributed by atoms with Crippen molar-refractivity contribution in [2.45, 2.75) is 0 Å². The van der Waals surface area contributed by atoms with E-state index in [1.807, 2.05) is 0 Å². The van der Waals surface area contributed by atoms with Crippen LogP contribution in [0.1, 0.15) is 10.5 Å². The Morgan fingerprint density at radius 2 is 2.38 bits per heavy atom. The molecule has 2 aromatic rings. The van der Waals surface area contributed by atoms with Gasteiger partial charge in [0, 0.05) is 6.07 Å². The Hall–Kier alpha value is -1.82. The van der Waals surface area contributed by atoms with Crippen molar-refractivity contribution in [3.8, 4) is 0 Å². The Labute approximate surface area is 73.4 Å². The van der Waals surface area contributed by atoms with Crippen LogP contribution in [-0.2, 0) is 0 Å². The van der Waals surface area contributed by atoms with Gasteiger partial charge in [-0.1, -0.05) is 0 Å². The number of carbonyl (C=O) groups is 1. The number of Topliss-reactive ketones (excluding diaryl/α,β-unsaturated/α-hetero) is 1. The van der Waals surface area contributed by atoms with Crippen molar-refractivity contribution in [1.82, 2.24) is 19.6 Å². The van der Waals surface area contributed by atoms with Crippen LogP contribution < -0.4 is 5.73 Å². The summed E-state index contributed by atoms with van der Waals surface area (Å²) in [6, 6.07) is 1.56. The molecule has 0 amide bonds. The van der Waals surface area contributed by atoms with Gasteiger partial charge in [-0.25, -0.2) is 4.98 Å². The number of fused-ring (bicyclic) bond motifs is 1. The number of ketones is 1. The lowest BCUT2D eigenvalue weighted by Gasteiger charge is -1.96. The molecule has 0 fully saturated rings. The molecule has 0 aliphatic rings. The molecule has 2 aromatic heterocycles. The Morgan fingerprint density at radius 1 is 1.54 bits per heavy atom. The van der Waals surface area contributed by atoms with Crippen molar-refractivity contribution in [1.29, 1.82) is 0 Å². The van der Waals surface area contributed by atoms with Gasteiger partial charge in [0.05, 0.1) is 6.54 Å². The molecule has 0 spiro atoms. The zero-order chi connectivity index (χ0) is 9.26. The number of nitrogens with zero attached hydrogens (tertiary/aromatic N) is 4. The molecule has 0 saturated carbocycles. The molecular weight excluding hydrogens is 170 g/mol. The predicted octanol–water partition coefficient (Wildman–Crippen LogP) is -0.734. The van der Waals surface area contributed by atoms with Crippen LogP contribution in [0.15, 0.2) is 18.7 Å². The third-order valence-corrected chi connectivity index (χ3v) is 1.66. The van der Waals surface area contributed by atoms with Crippen LogP contribution in [0.2, 0.25) is 0 Å². The highest BCUT2D eigenvalue weighted by Gasteiger charge is 2.06. The molecule has 0 saturated heterocycles. The van der Waals surface area contributed by atoms with Crippen molar-refractivity contribution in [2.75, 3.05) is 6.54 Å². The van der Waals surface area contributed by atoms with E-state index in [4.69, 9.17) is 5.73 Å². The van der Waals surface area contributed by atoms with E-state index < -0.39 is 0 Å². The average Bonchev–Trinajstić information content (AvgIpc) is 2.63. The summed E-state index contributed by atoms with van der Waals surface area (Å²) in [5.74, 6) is -0.203. The summed E-state index contributed by atoms with van der Waals surface area (Å²) in [5.41, 5.74) is 6.10. The van der Waals surface area contributed by atoms with Gasteiger partial charge in [-0.2, -0.15) is 0 Å². The molecule has 0 aromatic carbocycles. The molecule has 0 aliphatic carbocycles. The first kappa shape index (κ1) is 7.81. The third kappa shape index (κ3) is 1.27. The second-order valence-corrected chi connectivity index (χ2v) is 2.50. The van der Waals surface area contributed by atoms with E-state index in [2.05, 4.69) is 15.2 Å². The number of rotatable bonds is 2. The molecule has 2 N–H and O–H groups in total. The maximum Gasteiger partial charge on any atom is 0.194 e. The number of hydrogen-bond acceptors (Lipinski definition) is 5. The van der Waals surface area contributed by atoms with E-state index in [1.165, 1.54) is 12.7 Å². The first-order chi connectivity index (χ1) is 6.31. The summed E-state index contributed by atoms with van der Waals surface area (Å²) in [7, 11) is 0. The van der Waals surface area contributed by atoms with E-state index in [1.54, 1.807) is 10.5 Å². The van der Waals surface area contributed by atoms with Crippen molar-refractivity contribution in [3.63, 3.8) is 0 Å². The largest absolute Gasteiger partial charge is 0.324 e. The molecule has 2 rings (SSSR count). The van der Waals surface area contributed by atoms with E-state index in [0.717, 1.165) is 0 Å². The molecule has 6 nitrogen and oxygen atoms in total. The molecular formula is C7H7N5O. The second-order valence-electron chi connectivity index (χ2n) is 2.50. The van der Waals surface area contributed by atoms with Gasteiger partial charge in [0.25, 0.3) is 0 Å². The van der Waals surface area contributed by atoms with Crippen LogP contribution in [0.4, 0.5) is 0 Å². The van der Waals surface area contributed by atoms with Crippen molar-refractivity contribution in [3.05, 3.63) is 24.4 Å². The highest BCUT2D eigenvalue weighted by molar-refractivity contribution is 5.96. The summed E-state index contributed by atoms with van der Waals surface area (Å²) in [6.45, 7) is -0.0443. The molecule has 66 valence electrons. The van der Waals surface area contributed by atoms with Gasteiger partial charge in [0.1, 0.15) is 18.3 Å². The minimum Gasteiger partial charge on any atom is -0.324 e. The van der Waals surface area contributed by atoms with E-state index in [-0.39, 0.29) is 12.3 Å². The predicted molar refractivity (Wildman–Crippen MR) is 44.2 cm³/mol. The molecule has 0 radical (unpaired) electrons. The van der Waals surface area contributed by atoms with E-state index in [9.17, 15) is 4.79 Å². The average molecular weight is 177 g/mol. The summed E-state index contributed by atoms with van der Waals surface area (Å²) in [5, 5.41) is 7.43. The van der Waals surface area contributed by atoms with Crippen LogP contribution in [0.25, 0.3) is 5.65 Å². The normalized spacial score (nSPS) is 10.5. The van der Waals surface area contributed by atoms with Crippen LogP contribution in [0.5, 0.6) is 0 Å². The standard InChI is InChI=1S/C7H7N5O/c8-2-6(13)5-1-7-11-10-4-12(7)3-9-5/h1,3-4H,2,8H2. The maximum absolute atomic E-state index is 11.1. The topological polar surface area (TPSA) is 86.2 Å². The quantitative estimate of drug-likeness (QED) is 0.611. The minimum absolute atomic E-state index is 0.0443. The van der Waals surface area contributed by atoms with Gasteiger partial charge in [0.2, 0.25) is 0 Å². The first-order valence-electron chi connectivity index (χ1n) is 3.70. The van der Waals surface area contributed by atoms with E-state index >= 15 is 0 Å². The van der Waals surface area contributed by atoms with Crippen molar-refractivity contribution < 1.29 is 4.79 Å². The summed E-state index contributed by atoms with van der Waals surface area (Å²) < 4.78 is 1.62. The number of aromatic nitrogens is 4. The smallest absolute Gasteiger partial charge is 0.194 e. The second kappa shape index (κ2) is 2.91. The molecule has 0 aliphatic heterocycles. The van der Waals surface area contributed by atoms with Gasteiger partial charge in [-0.05, 0) is 0 Å². The van der Waals surface area contributed by atoms with Gasteiger partial charge < -0.3 is 5.73 Å². The van der Waals surface area contributed by atoms with Gasteiger partial charge >= 0.3 is 0 Å². The summed E-state index contributed by atoms with van der Waals surface area (Å²) in [4.78, 5) is 15.0. The van der Waals surface area contributed by atoms with E-state index in [0.29, 0.717) is 11.3 Å².